The largest absolute Gasteiger partial charge is 0.497 e. The van der Waals surface area contributed by atoms with Crippen molar-refractivity contribution in [1.82, 2.24) is 4.90 Å². The van der Waals surface area contributed by atoms with Gasteiger partial charge in [-0.15, -0.1) is 0 Å². The lowest BCUT2D eigenvalue weighted by Crippen LogP contribution is -2.62. The lowest BCUT2D eigenvalue weighted by atomic mass is 10.1. The van der Waals surface area contributed by atoms with E-state index in [-0.39, 0.29) is 18.1 Å². The van der Waals surface area contributed by atoms with Gasteiger partial charge in [0, 0.05) is 6.54 Å². The molecule has 4 nitrogen and oxygen atoms in total. The van der Waals surface area contributed by atoms with Crippen molar-refractivity contribution in [2.75, 3.05) is 13.1 Å². The molecular formula is C9H14N2O2. The Bertz CT molecular complexity index is 240. The maximum absolute atomic E-state index is 11.2. The predicted octanol–water partition coefficient (Wildman–Crippen LogP) is -0.151. The Labute approximate surface area is 77.3 Å². The van der Waals surface area contributed by atoms with E-state index >= 15 is 0 Å². The Balaban J connectivity index is 1.79. The van der Waals surface area contributed by atoms with E-state index in [1.54, 1.807) is 11.2 Å². The molecule has 2 rings (SSSR count). The topological polar surface area (TPSA) is 55.6 Å². The number of nitrogens with zero attached hydrogens (tertiary/aromatic N) is 1. The van der Waals surface area contributed by atoms with Crippen LogP contribution in [-0.4, -0.2) is 36.0 Å². The molecule has 0 aromatic carbocycles. The van der Waals surface area contributed by atoms with Crippen molar-refractivity contribution >= 4 is 5.91 Å². The van der Waals surface area contributed by atoms with Gasteiger partial charge in [0.15, 0.2) is 0 Å². The quantitative estimate of drug-likeness (QED) is 0.604. The number of amides is 1. The van der Waals surface area contributed by atoms with Crippen LogP contribution in [0.1, 0.15) is 12.8 Å². The molecule has 0 saturated carbocycles. The standard InChI is InChI=1S/C9H14N2O2/c10-8-6-11(9(8)12)5-7-3-1-2-4-13-7/h2,4,7-8H,1,3,5-6,10H2. The summed E-state index contributed by atoms with van der Waals surface area (Å²) in [5.41, 5.74) is 5.47. The van der Waals surface area contributed by atoms with E-state index in [1.165, 1.54) is 0 Å². The molecule has 0 aliphatic carbocycles. The van der Waals surface area contributed by atoms with Gasteiger partial charge < -0.3 is 15.4 Å². The van der Waals surface area contributed by atoms with E-state index < -0.39 is 0 Å². The third-order valence-corrected chi connectivity index (χ3v) is 2.49. The zero-order valence-electron chi connectivity index (χ0n) is 7.48. The van der Waals surface area contributed by atoms with E-state index in [4.69, 9.17) is 10.5 Å². The van der Waals surface area contributed by atoms with Gasteiger partial charge in [-0.3, -0.25) is 4.79 Å². The first kappa shape index (κ1) is 8.56. The predicted molar refractivity (Wildman–Crippen MR) is 47.8 cm³/mol. The molecule has 13 heavy (non-hydrogen) atoms. The summed E-state index contributed by atoms with van der Waals surface area (Å²) in [6.45, 7) is 1.37. The van der Waals surface area contributed by atoms with Gasteiger partial charge in [0.1, 0.15) is 12.1 Å². The highest BCUT2D eigenvalue weighted by molar-refractivity contribution is 5.87. The number of rotatable bonds is 2. The summed E-state index contributed by atoms with van der Waals surface area (Å²) >= 11 is 0. The van der Waals surface area contributed by atoms with E-state index in [2.05, 4.69) is 0 Å². The molecule has 0 bridgehead atoms. The molecule has 72 valence electrons. The number of ether oxygens (including phenoxy) is 1. The molecule has 2 unspecified atom stereocenters. The minimum absolute atomic E-state index is 0.0538. The average molecular weight is 182 g/mol. The van der Waals surface area contributed by atoms with Crippen LogP contribution in [0.4, 0.5) is 0 Å². The molecule has 2 aliphatic rings. The van der Waals surface area contributed by atoms with Crippen molar-refractivity contribution in [3.05, 3.63) is 12.3 Å². The maximum Gasteiger partial charge on any atom is 0.241 e. The number of hydrogen-bond acceptors (Lipinski definition) is 3. The molecule has 1 fully saturated rings. The Morgan fingerprint density at radius 2 is 2.54 bits per heavy atom. The van der Waals surface area contributed by atoms with E-state index in [0.29, 0.717) is 13.1 Å². The Morgan fingerprint density at radius 1 is 1.69 bits per heavy atom. The number of hydrogen-bond donors (Lipinski definition) is 1. The summed E-state index contributed by atoms with van der Waals surface area (Å²) < 4.78 is 5.35. The van der Waals surface area contributed by atoms with Crippen molar-refractivity contribution in [2.45, 2.75) is 25.0 Å². The van der Waals surface area contributed by atoms with Crippen LogP contribution < -0.4 is 5.73 Å². The van der Waals surface area contributed by atoms with Crippen molar-refractivity contribution in [1.29, 1.82) is 0 Å². The second-order valence-electron chi connectivity index (χ2n) is 3.56. The fourth-order valence-electron chi connectivity index (χ4n) is 1.66. The fourth-order valence-corrected chi connectivity index (χ4v) is 1.66. The zero-order chi connectivity index (χ0) is 9.26. The van der Waals surface area contributed by atoms with Gasteiger partial charge in [0.25, 0.3) is 0 Å². The molecule has 0 aromatic heterocycles. The first-order valence-corrected chi connectivity index (χ1v) is 4.62. The first-order chi connectivity index (χ1) is 6.27. The fraction of sp³-hybridized carbons (Fsp3) is 0.667. The molecule has 1 saturated heterocycles. The number of carbonyl (C=O) groups excluding carboxylic acids is 1. The van der Waals surface area contributed by atoms with Gasteiger partial charge in [-0.1, -0.05) is 0 Å². The maximum atomic E-state index is 11.2. The molecule has 2 heterocycles. The third kappa shape index (κ3) is 1.67. The summed E-state index contributed by atoms with van der Waals surface area (Å²) in [6, 6.07) is -0.265. The lowest BCUT2D eigenvalue weighted by molar-refractivity contribution is -0.144. The van der Waals surface area contributed by atoms with E-state index in [0.717, 1.165) is 12.8 Å². The number of carbonyl (C=O) groups is 1. The van der Waals surface area contributed by atoms with Crippen LogP contribution in [0.3, 0.4) is 0 Å². The van der Waals surface area contributed by atoms with Crippen LogP contribution in [0.25, 0.3) is 0 Å². The van der Waals surface area contributed by atoms with Gasteiger partial charge >= 0.3 is 0 Å². The van der Waals surface area contributed by atoms with Crippen molar-refractivity contribution in [3.63, 3.8) is 0 Å². The smallest absolute Gasteiger partial charge is 0.241 e. The molecule has 2 atom stereocenters. The van der Waals surface area contributed by atoms with Crippen molar-refractivity contribution < 1.29 is 9.53 Å². The van der Waals surface area contributed by atoms with Crippen molar-refractivity contribution in [2.24, 2.45) is 5.73 Å². The monoisotopic (exact) mass is 182 g/mol. The first-order valence-electron chi connectivity index (χ1n) is 4.62. The van der Waals surface area contributed by atoms with E-state index in [1.807, 2.05) is 6.08 Å². The minimum Gasteiger partial charge on any atom is -0.497 e. The van der Waals surface area contributed by atoms with Crippen LogP contribution in [0, 0.1) is 0 Å². The summed E-state index contributed by atoms with van der Waals surface area (Å²) in [6.07, 6.45) is 5.92. The number of allylic oxidation sites excluding steroid dienone is 1. The molecular weight excluding hydrogens is 168 g/mol. The molecule has 0 radical (unpaired) electrons. The van der Waals surface area contributed by atoms with Gasteiger partial charge in [-0.2, -0.15) is 0 Å². The van der Waals surface area contributed by atoms with Gasteiger partial charge in [0.05, 0.1) is 12.8 Å². The number of nitrogens with two attached hydrogens (primary N) is 1. The summed E-state index contributed by atoms with van der Waals surface area (Å²) in [5, 5.41) is 0. The molecule has 2 aliphatic heterocycles. The van der Waals surface area contributed by atoms with Crippen LogP contribution in [0.5, 0.6) is 0 Å². The third-order valence-electron chi connectivity index (χ3n) is 2.49. The highest BCUT2D eigenvalue weighted by atomic mass is 16.5. The zero-order valence-corrected chi connectivity index (χ0v) is 7.48. The Hall–Kier alpha value is -1.03. The van der Waals surface area contributed by atoms with Crippen LogP contribution in [-0.2, 0) is 9.53 Å². The SMILES string of the molecule is NC1CN(CC2CCC=CO2)C1=O. The van der Waals surface area contributed by atoms with Crippen LogP contribution in [0.15, 0.2) is 12.3 Å². The summed E-state index contributed by atoms with van der Waals surface area (Å²) in [4.78, 5) is 12.9. The second kappa shape index (κ2) is 3.38. The van der Waals surface area contributed by atoms with Gasteiger partial charge in [-0.25, -0.2) is 0 Å². The second-order valence-corrected chi connectivity index (χ2v) is 3.56. The van der Waals surface area contributed by atoms with Gasteiger partial charge in [0.2, 0.25) is 5.91 Å². The van der Waals surface area contributed by atoms with Crippen LogP contribution in [0.2, 0.25) is 0 Å². The Morgan fingerprint density at radius 3 is 3.08 bits per heavy atom. The molecule has 2 N–H and O–H groups in total. The number of likely N-dealkylation sites (tertiary alicyclic amines) is 1. The molecule has 0 spiro atoms. The Kier molecular flexibility index (Phi) is 2.22. The molecule has 1 amide bonds. The molecule has 0 aromatic rings. The average Bonchev–Trinajstić information content (AvgIpc) is 2.19. The molecule has 4 heteroatoms. The minimum atomic E-state index is -0.265. The van der Waals surface area contributed by atoms with Crippen molar-refractivity contribution in [3.8, 4) is 0 Å². The highest BCUT2D eigenvalue weighted by Gasteiger charge is 2.34. The van der Waals surface area contributed by atoms with Crippen LogP contribution >= 0.6 is 0 Å². The number of β-lactam (4-membered cyclic amide) rings is 1. The summed E-state index contributed by atoms with van der Waals surface area (Å²) in [7, 11) is 0. The van der Waals surface area contributed by atoms with E-state index in [9.17, 15) is 4.79 Å². The normalized spacial score (nSPS) is 32.7. The highest BCUT2D eigenvalue weighted by Crippen LogP contribution is 2.15. The van der Waals surface area contributed by atoms with Gasteiger partial charge in [-0.05, 0) is 18.9 Å². The summed E-state index contributed by atoms with van der Waals surface area (Å²) in [5.74, 6) is 0.0538. The lowest BCUT2D eigenvalue weighted by Gasteiger charge is -2.38.